The summed E-state index contributed by atoms with van der Waals surface area (Å²) in [6.07, 6.45) is 2.06. The Bertz CT molecular complexity index is 266. The molecule has 0 saturated carbocycles. The van der Waals surface area contributed by atoms with Crippen molar-refractivity contribution in [3.05, 3.63) is 15.6 Å². The first kappa shape index (κ1) is 10.7. The summed E-state index contributed by atoms with van der Waals surface area (Å²) in [5.41, 5.74) is 6.76. The summed E-state index contributed by atoms with van der Waals surface area (Å²) in [5, 5.41) is 1.17. The first-order valence-corrected chi connectivity index (χ1v) is 5.60. The third kappa shape index (κ3) is 3.08. The minimum atomic E-state index is 0.703. The van der Waals surface area contributed by atoms with Crippen LogP contribution in [0, 0.1) is 12.8 Å². The van der Waals surface area contributed by atoms with Crippen molar-refractivity contribution in [2.24, 2.45) is 11.7 Å². The molecular formula is C10H18N2S. The molecule has 0 radical (unpaired) electrons. The van der Waals surface area contributed by atoms with Crippen LogP contribution in [0.15, 0.2) is 0 Å². The Kier molecular flexibility index (Phi) is 3.88. The second-order valence-electron chi connectivity index (χ2n) is 3.74. The average molecular weight is 198 g/mol. The number of nitrogens with zero attached hydrogens (tertiary/aromatic N) is 1. The Morgan fingerprint density at radius 2 is 2.15 bits per heavy atom. The number of aromatic nitrogens is 1. The maximum atomic E-state index is 5.53. The monoisotopic (exact) mass is 198 g/mol. The highest BCUT2D eigenvalue weighted by Gasteiger charge is 2.09. The van der Waals surface area contributed by atoms with Crippen LogP contribution in [-0.4, -0.2) is 11.5 Å². The van der Waals surface area contributed by atoms with E-state index in [2.05, 4.69) is 25.8 Å². The molecule has 13 heavy (non-hydrogen) atoms. The number of hydrogen-bond donors (Lipinski definition) is 1. The molecule has 0 aromatic carbocycles. The number of nitrogens with two attached hydrogens (primary N) is 1. The largest absolute Gasteiger partial charge is 0.330 e. The van der Waals surface area contributed by atoms with E-state index >= 15 is 0 Å². The SMILES string of the molecule is Cc1nc(CCN)c(CC(C)C)s1. The van der Waals surface area contributed by atoms with Gasteiger partial charge in [0.25, 0.3) is 0 Å². The number of thiazole rings is 1. The van der Waals surface area contributed by atoms with Crippen molar-refractivity contribution in [3.8, 4) is 0 Å². The van der Waals surface area contributed by atoms with Crippen LogP contribution in [0.5, 0.6) is 0 Å². The Morgan fingerprint density at radius 3 is 2.69 bits per heavy atom. The summed E-state index contributed by atoms with van der Waals surface area (Å²) >= 11 is 1.82. The van der Waals surface area contributed by atoms with Gasteiger partial charge in [-0.05, 0) is 25.8 Å². The van der Waals surface area contributed by atoms with Crippen LogP contribution in [0.2, 0.25) is 0 Å². The molecule has 0 bridgehead atoms. The molecule has 0 unspecified atom stereocenters. The lowest BCUT2D eigenvalue weighted by Gasteiger charge is -2.03. The maximum absolute atomic E-state index is 5.53. The molecule has 0 atom stereocenters. The summed E-state index contributed by atoms with van der Waals surface area (Å²) < 4.78 is 0. The molecule has 0 amide bonds. The van der Waals surface area contributed by atoms with E-state index < -0.39 is 0 Å². The molecule has 0 aliphatic carbocycles. The van der Waals surface area contributed by atoms with Gasteiger partial charge in [-0.2, -0.15) is 0 Å². The van der Waals surface area contributed by atoms with E-state index in [4.69, 9.17) is 5.73 Å². The van der Waals surface area contributed by atoms with Crippen LogP contribution in [0.1, 0.15) is 29.4 Å². The van der Waals surface area contributed by atoms with Gasteiger partial charge in [-0.25, -0.2) is 4.98 Å². The molecule has 2 N–H and O–H groups in total. The molecular weight excluding hydrogens is 180 g/mol. The lowest BCUT2D eigenvalue weighted by Crippen LogP contribution is -2.05. The molecule has 0 fully saturated rings. The van der Waals surface area contributed by atoms with Crippen molar-refractivity contribution in [2.75, 3.05) is 6.54 Å². The molecule has 0 aliphatic rings. The molecule has 0 saturated heterocycles. The van der Waals surface area contributed by atoms with E-state index in [1.807, 2.05) is 11.3 Å². The Hall–Kier alpha value is -0.410. The lowest BCUT2D eigenvalue weighted by atomic mass is 10.1. The van der Waals surface area contributed by atoms with Crippen LogP contribution in [0.4, 0.5) is 0 Å². The van der Waals surface area contributed by atoms with E-state index in [-0.39, 0.29) is 0 Å². The van der Waals surface area contributed by atoms with Crippen molar-refractivity contribution < 1.29 is 0 Å². The third-order valence-electron chi connectivity index (χ3n) is 1.86. The average Bonchev–Trinajstić information content (AvgIpc) is 2.31. The highest BCUT2D eigenvalue weighted by Crippen LogP contribution is 2.21. The molecule has 1 aromatic rings. The summed E-state index contributed by atoms with van der Waals surface area (Å²) in [6.45, 7) is 7.24. The fourth-order valence-corrected chi connectivity index (χ4v) is 2.57. The van der Waals surface area contributed by atoms with E-state index in [0.717, 1.165) is 12.8 Å². The lowest BCUT2D eigenvalue weighted by molar-refractivity contribution is 0.648. The van der Waals surface area contributed by atoms with Crippen LogP contribution in [0.25, 0.3) is 0 Å². The summed E-state index contributed by atoms with van der Waals surface area (Å²) in [7, 11) is 0. The third-order valence-corrected chi connectivity index (χ3v) is 2.90. The van der Waals surface area contributed by atoms with Crippen molar-refractivity contribution in [1.82, 2.24) is 4.98 Å². The van der Waals surface area contributed by atoms with E-state index in [1.54, 1.807) is 0 Å². The molecule has 0 aliphatic heterocycles. The van der Waals surface area contributed by atoms with Gasteiger partial charge in [0.1, 0.15) is 0 Å². The fourth-order valence-electron chi connectivity index (χ4n) is 1.37. The van der Waals surface area contributed by atoms with Gasteiger partial charge in [0.2, 0.25) is 0 Å². The highest BCUT2D eigenvalue weighted by molar-refractivity contribution is 7.11. The van der Waals surface area contributed by atoms with Gasteiger partial charge >= 0.3 is 0 Å². The van der Waals surface area contributed by atoms with Gasteiger partial charge < -0.3 is 5.73 Å². The normalized spacial score (nSPS) is 11.2. The zero-order valence-electron chi connectivity index (χ0n) is 8.63. The second-order valence-corrected chi connectivity index (χ2v) is 5.03. The summed E-state index contributed by atoms with van der Waals surface area (Å²) in [4.78, 5) is 5.92. The van der Waals surface area contributed by atoms with Gasteiger partial charge in [0, 0.05) is 11.3 Å². The standard InChI is InChI=1S/C10H18N2S/c1-7(2)6-10-9(4-5-11)12-8(3)13-10/h7H,4-6,11H2,1-3H3. The molecule has 1 rings (SSSR count). The van der Waals surface area contributed by atoms with Crippen molar-refractivity contribution in [2.45, 2.75) is 33.6 Å². The summed E-state index contributed by atoms with van der Waals surface area (Å²) in [5.74, 6) is 0.705. The Labute approximate surface area is 84.2 Å². The van der Waals surface area contributed by atoms with E-state index in [1.165, 1.54) is 15.6 Å². The van der Waals surface area contributed by atoms with Gasteiger partial charge in [-0.15, -0.1) is 11.3 Å². The van der Waals surface area contributed by atoms with Crippen molar-refractivity contribution in [1.29, 1.82) is 0 Å². The van der Waals surface area contributed by atoms with Crippen LogP contribution < -0.4 is 5.73 Å². The molecule has 2 nitrogen and oxygen atoms in total. The zero-order valence-corrected chi connectivity index (χ0v) is 9.45. The van der Waals surface area contributed by atoms with Crippen LogP contribution in [0.3, 0.4) is 0 Å². The van der Waals surface area contributed by atoms with Crippen molar-refractivity contribution in [3.63, 3.8) is 0 Å². The van der Waals surface area contributed by atoms with Crippen LogP contribution in [-0.2, 0) is 12.8 Å². The first-order valence-electron chi connectivity index (χ1n) is 4.78. The van der Waals surface area contributed by atoms with Crippen molar-refractivity contribution >= 4 is 11.3 Å². The minimum absolute atomic E-state index is 0.703. The topological polar surface area (TPSA) is 38.9 Å². The number of rotatable bonds is 4. The number of hydrogen-bond acceptors (Lipinski definition) is 3. The molecule has 3 heteroatoms. The smallest absolute Gasteiger partial charge is 0.0900 e. The Balaban J connectivity index is 2.77. The molecule has 1 heterocycles. The molecule has 1 aromatic heterocycles. The highest BCUT2D eigenvalue weighted by atomic mass is 32.1. The van der Waals surface area contributed by atoms with E-state index in [0.29, 0.717) is 12.5 Å². The van der Waals surface area contributed by atoms with E-state index in [9.17, 15) is 0 Å². The maximum Gasteiger partial charge on any atom is 0.0900 e. The minimum Gasteiger partial charge on any atom is -0.330 e. The van der Waals surface area contributed by atoms with Gasteiger partial charge in [0.05, 0.1) is 10.7 Å². The quantitative estimate of drug-likeness (QED) is 0.805. The Morgan fingerprint density at radius 1 is 1.46 bits per heavy atom. The van der Waals surface area contributed by atoms with Gasteiger partial charge in [0.15, 0.2) is 0 Å². The predicted molar refractivity (Wildman–Crippen MR) is 58.2 cm³/mol. The predicted octanol–water partition coefficient (Wildman–Crippen LogP) is 2.15. The fraction of sp³-hybridized carbons (Fsp3) is 0.700. The van der Waals surface area contributed by atoms with Gasteiger partial charge in [-0.3, -0.25) is 0 Å². The van der Waals surface area contributed by atoms with Crippen LogP contribution >= 0.6 is 11.3 Å². The second kappa shape index (κ2) is 4.72. The molecule has 0 spiro atoms. The molecule has 74 valence electrons. The van der Waals surface area contributed by atoms with Gasteiger partial charge in [-0.1, -0.05) is 13.8 Å². The summed E-state index contributed by atoms with van der Waals surface area (Å²) in [6, 6.07) is 0. The first-order chi connectivity index (χ1) is 6.13. The number of aryl methyl sites for hydroxylation is 1. The zero-order chi connectivity index (χ0) is 9.84.